The van der Waals surface area contributed by atoms with E-state index in [1.807, 2.05) is 0 Å². The van der Waals surface area contributed by atoms with E-state index < -0.39 is 38.7 Å². The Kier molecular flexibility index (Phi) is 5.10. The van der Waals surface area contributed by atoms with E-state index in [-0.39, 0.29) is 5.56 Å². The quantitative estimate of drug-likeness (QED) is 0.450. The number of halogens is 5. The fraction of sp³-hybridized carbons (Fsp3) is 0.417. The largest absolute Gasteiger partial charge is 0.591 e. The second kappa shape index (κ2) is 5.91. The summed E-state index contributed by atoms with van der Waals surface area (Å²) in [6.07, 6.45) is -3.87. The van der Waals surface area contributed by atoms with E-state index in [9.17, 15) is 22.1 Å². The lowest BCUT2D eigenvalue weighted by atomic mass is 10.1. The van der Waals surface area contributed by atoms with Crippen LogP contribution in [0.4, 0.5) is 17.6 Å². The van der Waals surface area contributed by atoms with Gasteiger partial charge in [0.25, 0.3) is 0 Å². The van der Waals surface area contributed by atoms with Crippen LogP contribution in [0.15, 0.2) is 16.5 Å². The van der Waals surface area contributed by atoms with E-state index in [1.165, 1.54) is 0 Å². The monoisotopic (exact) mass is 329 g/mol. The smallest absolute Gasteiger partial charge is 0.419 e. The first kappa shape index (κ1) is 17.3. The minimum Gasteiger partial charge on any atom is -0.591 e. The van der Waals surface area contributed by atoms with Crippen molar-refractivity contribution in [1.29, 1.82) is 0 Å². The van der Waals surface area contributed by atoms with Crippen molar-refractivity contribution in [1.82, 2.24) is 0 Å². The van der Waals surface area contributed by atoms with E-state index >= 15 is 0 Å². The van der Waals surface area contributed by atoms with Gasteiger partial charge < -0.3 is 4.55 Å². The highest BCUT2D eigenvalue weighted by Crippen LogP contribution is 2.34. The number of hydrogen-bond acceptors (Lipinski definition) is 2. The van der Waals surface area contributed by atoms with E-state index in [1.54, 1.807) is 20.8 Å². The van der Waals surface area contributed by atoms with Crippen molar-refractivity contribution in [3.8, 4) is 0 Å². The molecule has 2 nitrogen and oxygen atoms in total. The lowest BCUT2D eigenvalue weighted by Crippen LogP contribution is -2.25. The van der Waals surface area contributed by atoms with Gasteiger partial charge in [-0.05, 0) is 38.5 Å². The van der Waals surface area contributed by atoms with Gasteiger partial charge in [0.15, 0.2) is 5.82 Å². The molecule has 0 aliphatic heterocycles. The van der Waals surface area contributed by atoms with E-state index in [4.69, 9.17) is 11.6 Å². The Balaban J connectivity index is 3.16. The third-order valence-corrected chi connectivity index (χ3v) is 3.80. The van der Waals surface area contributed by atoms with Crippen molar-refractivity contribution >= 4 is 29.2 Å². The Bertz CT molecular complexity index is 525. The number of nitrogens with zero attached hydrogens (tertiary/aromatic N) is 1. The van der Waals surface area contributed by atoms with Crippen LogP contribution < -0.4 is 0 Å². The van der Waals surface area contributed by atoms with Crippen LogP contribution in [0, 0.1) is 5.82 Å². The average molecular weight is 330 g/mol. The second-order valence-electron chi connectivity index (χ2n) is 4.96. The summed E-state index contributed by atoms with van der Waals surface area (Å²) in [6.45, 7) is 5.00. The number of benzene rings is 1. The highest BCUT2D eigenvalue weighted by molar-refractivity contribution is 7.91. The number of alkyl halides is 3. The second-order valence-corrected chi connectivity index (χ2v) is 7.30. The van der Waals surface area contributed by atoms with Crippen LogP contribution >= 0.6 is 11.6 Å². The molecule has 1 rings (SSSR count). The lowest BCUT2D eigenvalue weighted by molar-refractivity contribution is -0.140. The molecule has 8 heteroatoms. The Morgan fingerprint density at radius 2 is 1.80 bits per heavy atom. The van der Waals surface area contributed by atoms with Gasteiger partial charge >= 0.3 is 6.18 Å². The molecule has 0 aromatic heterocycles. The molecule has 1 atom stereocenters. The maximum atomic E-state index is 13.3. The SMILES string of the molecule is CC(C)(C)[S+]([O-])/N=C/c1cc(Cl)c(F)c(C(F)(F)F)c1. The summed E-state index contributed by atoms with van der Waals surface area (Å²) in [5.74, 6) is -1.53. The molecule has 1 unspecified atom stereocenters. The van der Waals surface area contributed by atoms with Gasteiger partial charge in [-0.15, -0.1) is 0 Å². The van der Waals surface area contributed by atoms with Crippen LogP contribution in [-0.2, 0) is 17.5 Å². The van der Waals surface area contributed by atoms with Crippen LogP contribution in [0.1, 0.15) is 31.9 Å². The predicted molar refractivity (Wildman–Crippen MR) is 71.9 cm³/mol. The summed E-state index contributed by atoms with van der Waals surface area (Å²) < 4.78 is 65.8. The van der Waals surface area contributed by atoms with Crippen LogP contribution in [0.25, 0.3) is 0 Å². The summed E-state index contributed by atoms with van der Waals surface area (Å²) in [5.41, 5.74) is -1.55. The minimum atomic E-state index is -4.86. The molecule has 0 aliphatic carbocycles. The fourth-order valence-electron chi connectivity index (χ4n) is 1.16. The molecule has 0 spiro atoms. The van der Waals surface area contributed by atoms with Crippen molar-refractivity contribution in [3.63, 3.8) is 0 Å². The molecule has 112 valence electrons. The molecule has 0 heterocycles. The van der Waals surface area contributed by atoms with Gasteiger partial charge in [0, 0.05) is 0 Å². The zero-order chi connectivity index (χ0) is 15.7. The lowest BCUT2D eigenvalue weighted by Gasteiger charge is -2.17. The fourth-order valence-corrected chi connectivity index (χ4v) is 1.92. The summed E-state index contributed by atoms with van der Waals surface area (Å²) in [5, 5.41) is -0.664. The third-order valence-electron chi connectivity index (χ3n) is 2.18. The van der Waals surface area contributed by atoms with Crippen molar-refractivity contribution in [2.24, 2.45) is 4.40 Å². The van der Waals surface area contributed by atoms with Crippen molar-refractivity contribution in [3.05, 3.63) is 34.1 Å². The first-order valence-corrected chi connectivity index (χ1v) is 6.93. The molecule has 0 N–H and O–H groups in total. The van der Waals surface area contributed by atoms with Crippen LogP contribution in [0.5, 0.6) is 0 Å². The summed E-state index contributed by atoms with van der Waals surface area (Å²) in [7, 11) is 0. The van der Waals surface area contributed by atoms with Gasteiger partial charge in [0.1, 0.15) is 16.1 Å². The molecule has 0 bridgehead atoms. The highest BCUT2D eigenvalue weighted by Gasteiger charge is 2.35. The van der Waals surface area contributed by atoms with Crippen molar-refractivity contribution in [2.45, 2.75) is 31.7 Å². The summed E-state index contributed by atoms with van der Waals surface area (Å²) >= 11 is 3.79. The Morgan fingerprint density at radius 1 is 1.25 bits per heavy atom. The third kappa shape index (κ3) is 4.36. The van der Waals surface area contributed by atoms with Gasteiger partial charge in [-0.25, -0.2) is 4.39 Å². The maximum absolute atomic E-state index is 13.3. The zero-order valence-corrected chi connectivity index (χ0v) is 12.5. The standard InChI is InChI=1S/C12H12ClF4NOS/c1-11(2,3)20(19)18-6-7-4-8(12(15,16)17)10(14)9(13)5-7/h4-6H,1-3H3/b18-6+. The molecule has 1 aromatic rings. The first-order valence-electron chi connectivity index (χ1n) is 5.45. The van der Waals surface area contributed by atoms with Crippen molar-refractivity contribution < 1.29 is 22.1 Å². The highest BCUT2D eigenvalue weighted by atomic mass is 35.5. The van der Waals surface area contributed by atoms with E-state index in [2.05, 4.69) is 4.40 Å². The molecule has 0 saturated heterocycles. The predicted octanol–water partition coefficient (Wildman–Crippen LogP) is 4.38. The zero-order valence-electron chi connectivity index (χ0n) is 10.9. The minimum absolute atomic E-state index is 0.0682. The molecule has 1 aromatic carbocycles. The summed E-state index contributed by atoms with van der Waals surface area (Å²) in [4.78, 5) is 0. The molecular formula is C12H12ClF4NOS. The summed E-state index contributed by atoms with van der Waals surface area (Å²) in [6, 6.07) is 1.57. The van der Waals surface area contributed by atoms with Gasteiger partial charge in [-0.1, -0.05) is 16.0 Å². The molecule has 0 amide bonds. The Labute approximate surface area is 122 Å². The average Bonchev–Trinajstić information content (AvgIpc) is 2.27. The Hall–Kier alpha value is -0.790. The van der Waals surface area contributed by atoms with Gasteiger partial charge in [0.2, 0.25) is 0 Å². The topological polar surface area (TPSA) is 35.4 Å². The van der Waals surface area contributed by atoms with E-state index in [0.717, 1.165) is 12.3 Å². The van der Waals surface area contributed by atoms with Crippen LogP contribution in [0.2, 0.25) is 5.02 Å². The normalized spacial score (nSPS) is 14.8. The van der Waals surface area contributed by atoms with Crippen molar-refractivity contribution in [2.75, 3.05) is 0 Å². The Morgan fingerprint density at radius 3 is 2.25 bits per heavy atom. The van der Waals surface area contributed by atoms with Gasteiger partial charge in [0.05, 0.1) is 16.8 Å². The molecule has 0 saturated carbocycles. The molecule has 0 radical (unpaired) electrons. The van der Waals surface area contributed by atoms with Crippen LogP contribution in [0.3, 0.4) is 0 Å². The molecule has 0 aliphatic rings. The van der Waals surface area contributed by atoms with Crippen LogP contribution in [-0.4, -0.2) is 15.5 Å². The van der Waals surface area contributed by atoms with Gasteiger partial charge in [-0.3, -0.25) is 0 Å². The van der Waals surface area contributed by atoms with E-state index in [0.29, 0.717) is 6.07 Å². The maximum Gasteiger partial charge on any atom is 0.419 e. The molecular weight excluding hydrogens is 318 g/mol. The van der Waals surface area contributed by atoms with Gasteiger partial charge in [-0.2, -0.15) is 13.2 Å². The molecule has 20 heavy (non-hydrogen) atoms. The molecule has 0 fully saturated rings. The first-order chi connectivity index (χ1) is 8.93. The number of hydrogen-bond donors (Lipinski definition) is 0. The number of rotatable bonds is 2.